The lowest BCUT2D eigenvalue weighted by molar-refractivity contribution is -0.137. The zero-order valence-corrected chi connectivity index (χ0v) is 13.5. The molecular formula is C19H20FNO3. The Morgan fingerprint density at radius 2 is 1.71 bits per heavy atom. The van der Waals surface area contributed by atoms with Crippen LogP contribution in [0.5, 0.6) is 0 Å². The summed E-state index contributed by atoms with van der Waals surface area (Å²) < 4.78 is 13.0. The van der Waals surface area contributed by atoms with Gasteiger partial charge in [0.2, 0.25) is 5.91 Å². The predicted molar refractivity (Wildman–Crippen MR) is 89.0 cm³/mol. The highest BCUT2D eigenvalue weighted by atomic mass is 19.1. The predicted octanol–water partition coefficient (Wildman–Crippen LogP) is 3.40. The Morgan fingerprint density at radius 3 is 2.29 bits per heavy atom. The topological polar surface area (TPSA) is 66.4 Å². The van der Waals surface area contributed by atoms with Crippen molar-refractivity contribution in [3.05, 3.63) is 71.0 Å². The van der Waals surface area contributed by atoms with Crippen LogP contribution >= 0.6 is 0 Å². The smallest absolute Gasteiger partial charge is 0.305 e. The highest BCUT2D eigenvalue weighted by Crippen LogP contribution is 2.18. The molecule has 0 aliphatic carbocycles. The highest BCUT2D eigenvalue weighted by molar-refractivity contribution is 5.78. The van der Waals surface area contributed by atoms with Gasteiger partial charge in [-0.05, 0) is 36.6 Å². The van der Waals surface area contributed by atoms with Gasteiger partial charge in [0.1, 0.15) is 5.82 Å². The van der Waals surface area contributed by atoms with Gasteiger partial charge in [0.15, 0.2) is 0 Å². The molecule has 0 heterocycles. The molecule has 2 N–H and O–H groups in total. The first kappa shape index (κ1) is 17.7. The maximum atomic E-state index is 13.0. The molecule has 1 amide bonds. The number of rotatable bonds is 7. The van der Waals surface area contributed by atoms with Crippen LogP contribution in [-0.4, -0.2) is 17.0 Å². The molecule has 0 radical (unpaired) electrons. The highest BCUT2D eigenvalue weighted by Gasteiger charge is 2.18. The maximum absolute atomic E-state index is 13.0. The van der Waals surface area contributed by atoms with Gasteiger partial charge in [0, 0.05) is 6.42 Å². The van der Waals surface area contributed by atoms with Gasteiger partial charge in [-0.15, -0.1) is 0 Å². The summed E-state index contributed by atoms with van der Waals surface area (Å²) in [7, 11) is 0. The number of aryl methyl sites for hydroxylation is 2. The molecule has 0 saturated heterocycles. The first-order valence-electron chi connectivity index (χ1n) is 7.76. The number of carbonyl (C=O) groups excluding carboxylic acids is 1. The van der Waals surface area contributed by atoms with Gasteiger partial charge in [-0.3, -0.25) is 9.59 Å². The molecule has 4 nitrogen and oxygen atoms in total. The minimum atomic E-state index is -1.02. The third-order valence-electron chi connectivity index (χ3n) is 3.75. The molecule has 126 valence electrons. The van der Waals surface area contributed by atoms with Crippen LogP contribution in [0, 0.1) is 12.7 Å². The number of aliphatic carboxylic acids is 1. The molecule has 2 rings (SSSR count). The van der Waals surface area contributed by atoms with Crippen LogP contribution in [0.1, 0.15) is 35.6 Å². The van der Waals surface area contributed by atoms with Crippen LogP contribution < -0.4 is 5.32 Å². The van der Waals surface area contributed by atoms with Gasteiger partial charge >= 0.3 is 5.97 Å². The SMILES string of the molecule is Cc1ccc(CCC(=O)NC(CC(=O)O)c2ccc(F)cc2)cc1. The lowest BCUT2D eigenvalue weighted by Crippen LogP contribution is -2.30. The number of hydrogen-bond donors (Lipinski definition) is 2. The molecule has 24 heavy (non-hydrogen) atoms. The monoisotopic (exact) mass is 329 g/mol. The van der Waals surface area contributed by atoms with Gasteiger partial charge in [0.25, 0.3) is 0 Å². The van der Waals surface area contributed by atoms with Crippen molar-refractivity contribution in [1.29, 1.82) is 0 Å². The van der Waals surface area contributed by atoms with Crippen molar-refractivity contribution < 1.29 is 19.1 Å². The quantitative estimate of drug-likeness (QED) is 0.818. The van der Waals surface area contributed by atoms with E-state index in [1.807, 2.05) is 31.2 Å². The average molecular weight is 329 g/mol. The van der Waals surface area contributed by atoms with E-state index in [9.17, 15) is 14.0 Å². The summed E-state index contributed by atoms with van der Waals surface area (Å²) in [6, 6.07) is 12.7. The zero-order valence-electron chi connectivity index (χ0n) is 13.5. The summed E-state index contributed by atoms with van der Waals surface area (Å²) in [5.74, 6) is -1.66. The van der Waals surface area contributed by atoms with Crippen LogP contribution in [0.25, 0.3) is 0 Å². The zero-order chi connectivity index (χ0) is 17.5. The summed E-state index contributed by atoms with van der Waals surface area (Å²) in [6.07, 6.45) is 0.595. The van der Waals surface area contributed by atoms with E-state index in [4.69, 9.17) is 5.11 Å². The Hall–Kier alpha value is -2.69. The molecule has 1 unspecified atom stereocenters. The first-order chi connectivity index (χ1) is 11.4. The van der Waals surface area contributed by atoms with Gasteiger partial charge in [0.05, 0.1) is 12.5 Å². The molecular weight excluding hydrogens is 309 g/mol. The number of carboxylic acids is 1. The molecule has 0 aliphatic rings. The van der Waals surface area contributed by atoms with Crippen molar-refractivity contribution in [2.75, 3.05) is 0 Å². The fourth-order valence-corrected chi connectivity index (χ4v) is 2.40. The van der Waals surface area contributed by atoms with Gasteiger partial charge in [-0.1, -0.05) is 42.0 Å². The molecule has 1 atom stereocenters. The summed E-state index contributed by atoms with van der Waals surface area (Å²) in [5, 5.41) is 11.7. The molecule has 0 aliphatic heterocycles. The molecule has 0 bridgehead atoms. The van der Waals surface area contributed by atoms with E-state index in [2.05, 4.69) is 5.32 Å². The number of benzene rings is 2. The van der Waals surface area contributed by atoms with Crippen molar-refractivity contribution in [3.63, 3.8) is 0 Å². The first-order valence-corrected chi connectivity index (χ1v) is 7.76. The van der Waals surface area contributed by atoms with E-state index in [-0.39, 0.29) is 18.7 Å². The van der Waals surface area contributed by atoms with E-state index in [1.165, 1.54) is 24.3 Å². The lowest BCUT2D eigenvalue weighted by Gasteiger charge is -2.17. The van der Waals surface area contributed by atoms with Gasteiger partial charge in [-0.2, -0.15) is 0 Å². The van der Waals surface area contributed by atoms with Gasteiger partial charge < -0.3 is 10.4 Å². The number of nitrogens with one attached hydrogen (secondary N) is 1. The van der Waals surface area contributed by atoms with E-state index in [0.717, 1.165) is 11.1 Å². The second kappa shape index (κ2) is 8.24. The van der Waals surface area contributed by atoms with Crippen molar-refractivity contribution in [1.82, 2.24) is 5.32 Å². The Morgan fingerprint density at radius 1 is 1.08 bits per heavy atom. The summed E-state index contributed by atoms with van der Waals surface area (Å²) >= 11 is 0. The molecule has 0 spiro atoms. The minimum Gasteiger partial charge on any atom is -0.481 e. The second-order valence-corrected chi connectivity index (χ2v) is 5.76. The molecule has 2 aromatic rings. The number of hydrogen-bond acceptors (Lipinski definition) is 2. The standard InChI is InChI=1S/C19H20FNO3/c1-13-2-4-14(5-3-13)6-11-18(22)21-17(12-19(23)24)15-7-9-16(20)10-8-15/h2-5,7-10,17H,6,11-12H2,1H3,(H,21,22)(H,23,24). The Labute approximate surface area is 140 Å². The van der Waals surface area contributed by atoms with E-state index in [1.54, 1.807) is 0 Å². The largest absolute Gasteiger partial charge is 0.481 e. The summed E-state index contributed by atoms with van der Waals surface area (Å²) in [4.78, 5) is 23.2. The van der Waals surface area contributed by atoms with Crippen molar-refractivity contribution >= 4 is 11.9 Å². The molecule has 2 aromatic carbocycles. The Kier molecular flexibility index (Phi) is 6.07. The van der Waals surface area contributed by atoms with Crippen LogP contribution in [-0.2, 0) is 16.0 Å². The van der Waals surface area contributed by atoms with Crippen molar-refractivity contribution in [2.45, 2.75) is 32.2 Å². The fourth-order valence-electron chi connectivity index (χ4n) is 2.40. The van der Waals surface area contributed by atoms with E-state index < -0.39 is 17.8 Å². The third-order valence-corrected chi connectivity index (χ3v) is 3.75. The number of halogens is 1. The molecule has 5 heteroatoms. The number of carboxylic acid groups (broad SMARTS) is 1. The van der Waals surface area contributed by atoms with Crippen LogP contribution in [0.15, 0.2) is 48.5 Å². The van der Waals surface area contributed by atoms with Crippen molar-refractivity contribution in [2.24, 2.45) is 0 Å². The third kappa shape index (κ3) is 5.50. The van der Waals surface area contributed by atoms with Crippen LogP contribution in [0.3, 0.4) is 0 Å². The van der Waals surface area contributed by atoms with E-state index in [0.29, 0.717) is 12.0 Å². The second-order valence-electron chi connectivity index (χ2n) is 5.76. The minimum absolute atomic E-state index is 0.230. The average Bonchev–Trinajstić information content (AvgIpc) is 2.54. The number of amides is 1. The molecule has 0 saturated carbocycles. The molecule has 0 fully saturated rings. The molecule has 0 aromatic heterocycles. The maximum Gasteiger partial charge on any atom is 0.305 e. The van der Waals surface area contributed by atoms with Crippen LogP contribution in [0.2, 0.25) is 0 Å². The summed E-state index contributed by atoms with van der Waals surface area (Å²) in [5.41, 5.74) is 2.77. The number of carbonyl (C=O) groups is 2. The lowest BCUT2D eigenvalue weighted by atomic mass is 10.0. The van der Waals surface area contributed by atoms with Crippen LogP contribution in [0.4, 0.5) is 4.39 Å². The fraction of sp³-hybridized carbons (Fsp3) is 0.263. The van der Waals surface area contributed by atoms with E-state index >= 15 is 0 Å². The Balaban J connectivity index is 1.97. The van der Waals surface area contributed by atoms with Crippen molar-refractivity contribution in [3.8, 4) is 0 Å². The normalized spacial score (nSPS) is 11.8. The Bertz CT molecular complexity index is 696. The van der Waals surface area contributed by atoms with Gasteiger partial charge in [-0.25, -0.2) is 4.39 Å². The summed E-state index contributed by atoms with van der Waals surface area (Å²) in [6.45, 7) is 2.00.